The molecule has 0 aliphatic rings. The van der Waals surface area contributed by atoms with Crippen LogP contribution in [0.4, 0.5) is 11.4 Å². The lowest BCUT2D eigenvalue weighted by molar-refractivity contribution is -0.384. The SMILES string of the molecule is CCCCCC(=O)NCCNc1ccccc1[N+](=O)[O-]. The van der Waals surface area contributed by atoms with Gasteiger partial charge in [-0.25, -0.2) is 0 Å². The molecule has 0 radical (unpaired) electrons. The molecule has 0 spiro atoms. The van der Waals surface area contributed by atoms with E-state index in [4.69, 9.17) is 0 Å². The molecule has 0 unspecified atom stereocenters. The normalized spacial score (nSPS) is 10.1. The maximum Gasteiger partial charge on any atom is 0.292 e. The Morgan fingerprint density at radius 2 is 2.00 bits per heavy atom. The number of carbonyl (C=O) groups excluding carboxylic acids is 1. The molecule has 1 amide bonds. The van der Waals surface area contributed by atoms with Gasteiger partial charge in [-0.3, -0.25) is 14.9 Å². The second-order valence-corrected chi connectivity index (χ2v) is 4.51. The lowest BCUT2D eigenvalue weighted by Crippen LogP contribution is -2.28. The Morgan fingerprint density at radius 1 is 1.25 bits per heavy atom. The molecule has 1 rings (SSSR count). The fourth-order valence-corrected chi connectivity index (χ4v) is 1.81. The zero-order chi connectivity index (χ0) is 14.8. The van der Waals surface area contributed by atoms with Crippen LogP contribution in [-0.2, 0) is 4.79 Å². The molecule has 0 fully saturated rings. The number of nitrogens with zero attached hydrogens (tertiary/aromatic N) is 1. The Labute approximate surface area is 118 Å². The molecule has 20 heavy (non-hydrogen) atoms. The molecular formula is C14H21N3O3. The molecule has 0 saturated carbocycles. The summed E-state index contributed by atoms with van der Waals surface area (Å²) in [5.74, 6) is 0.0304. The van der Waals surface area contributed by atoms with Crippen LogP contribution in [0.3, 0.4) is 0 Å². The van der Waals surface area contributed by atoms with Crippen molar-refractivity contribution in [2.45, 2.75) is 32.6 Å². The lowest BCUT2D eigenvalue weighted by atomic mass is 10.2. The number of rotatable bonds is 9. The van der Waals surface area contributed by atoms with Crippen molar-refractivity contribution in [2.24, 2.45) is 0 Å². The minimum absolute atomic E-state index is 0.0304. The van der Waals surface area contributed by atoms with Gasteiger partial charge in [0, 0.05) is 25.6 Å². The molecule has 0 bridgehead atoms. The monoisotopic (exact) mass is 279 g/mol. The van der Waals surface area contributed by atoms with Crippen molar-refractivity contribution in [2.75, 3.05) is 18.4 Å². The van der Waals surface area contributed by atoms with Crippen LogP contribution in [0, 0.1) is 10.1 Å². The summed E-state index contributed by atoms with van der Waals surface area (Å²) in [6.45, 7) is 3.01. The Morgan fingerprint density at radius 3 is 2.70 bits per heavy atom. The standard InChI is InChI=1S/C14H21N3O3/c1-2-3-4-9-14(18)16-11-10-15-12-7-5-6-8-13(12)17(19)20/h5-8,15H,2-4,9-11H2,1H3,(H,16,18). The van der Waals surface area contributed by atoms with Crippen molar-refractivity contribution < 1.29 is 9.72 Å². The highest BCUT2D eigenvalue weighted by atomic mass is 16.6. The lowest BCUT2D eigenvalue weighted by Gasteiger charge is -2.08. The maximum absolute atomic E-state index is 11.5. The van der Waals surface area contributed by atoms with Crippen LogP contribution in [0.15, 0.2) is 24.3 Å². The average molecular weight is 279 g/mol. The third-order valence-electron chi connectivity index (χ3n) is 2.87. The van der Waals surface area contributed by atoms with E-state index in [0.29, 0.717) is 25.2 Å². The summed E-state index contributed by atoms with van der Waals surface area (Å²) < 4.78 is 0. The number of unbranched alkanes of at least 4 members (excludes halogenated alkanes) is 2. The van der Waals surface area contributed by atoms with Gasteiger partial charge in [0.05, 0.1) is 4.92 Å². The first-order valence-electron chi connectivity index (χ1n) is 6.89. The van der Waals surface area contributed by atoms with Gasteiger partial charge in [-0.1, -0.05) is 31.9 Å². The molecule has 0 saturated heterocycles. The van der Waals surface area contributed by atoms with E-state index in [0.717, 1.165) is 19.3 Å². The molecule has 1 aromatic carbocycles. The number of carbonyl (C=O) groups is 1. The number of hydrogen-bond acceptors (Lipinski definition) is 4. The third kappa shape index (κ3) is 5.69. The second-order valence-electron chi connectivity index (χ2n) is 4.51. The topological polar surface area (TPSA) is 84.3 Å². The molecule has 0 heterocycles. The van der Waals surface area contributed by atoms with Crippen LogP contribution in [0.5, 0.6) is 0 Å². The third-order valence-corrected chi connectivity index (χ3v) is 2.87. The van der Waals surface area contributed by atoms with Crippen LogP contribution in [-0.4, -0.2) is 23.9 Å². The number of benzene rings is 1. The molecule has 6 nitrogen and oxygen atoms in total. The molecule has 6 heteroatoms. The van der Waals surface area contributed by atoms with Crippen molar-refractivity contribution in [3.63, 3.8) is 0 Å². The van der Waals surface area contributed by atoms with E-state index in [2.05, 4.69) is 17.6 Å². The van der Waals surface area contributed by atoms with Crippen molar-refractivity contribution in [3.8, 4) is 0 Å². The van der Waals surface area contributed by atoms with Crippen LogP contribution in [0.1, 0.15) is 32.6 Å². The van der Waals surface area contributed by atoms with E-state index in [-0.39, 0.29) is 11.6 Å². The van der Waals surface area contributed by atoms with Gasteiger partial charge in [-0.05, 0) is 12.5 Å². The highest BCUT2D eigenvalue weighted by Gasteiger charge is 2.11. The second kappa shape index (κ2) is 8.90. The van der Waals surface area contributed by atoms with E-state index in [1.165, 1.54) is 6.07 Å². The minimum Gasteiger partial charge on any atom is -0.378 e. The summed E-state index contributed by atoms with van der Waals surface area (Å²) in [7, 11) is 0. The number of nitro groups is 1. The first kappa shape index (κ1) is 15.9. The largest absolute Gasteiger partial charge is 0.378 e. The van der Waals surface area contributed by atoms with Crippen molar-refractivity contribution in [3.05, 3.63) is 34.4 Å². The summed E-state index contributed by atoms with van der Waals surface area (Å²) >= 11 is 0. The van der Waals surface area contributed by atoms with E-state index >= 15 is 0 Å². The fraction of sp³-hybridized carbons (Fsp3) is 0.500. The van der Waals surface area contributed by atoms with Gasteiger partial charge in [-0.2, -0.15) is 0 Å². The summed E-state index contributed by atoms with van der Waals surface area (Å²) in [6.07, 6.45) is 3.59. The molecule has 0 atom stereocenters. The Balaban J connectivity index is 2.28. The van der Waals surface area contributed by atoms with Gasteiger partial charge >= 0.3 is 0 Å². The molecule has 0 aliphatic carbocycles. The average Bonchev–Trinajstić information content (AvgIpc) is 2.44. The van der Waals surface area contributed by atoms with Crippen LogP contribution in [0.25, 0.3) is 0 Å². The predicted molar refractivity (Wildman–Crippen MR) is 78.7 cm³/mol. The highest BCUT2D eigenvalue weighted by molar-refractivity contribution is 5.75. The number of anilines is 1. The Hall–Kier alpha value is -2.11. The van der Waals surface area contributed by atoms with E-state index in [1.807, 2.05) is 0 Å². The van der Waals surface area contributed by atoms with E-state index in [9.17, 15) is 14.9 Å². The van der Waals surface area contributed by atoms with Gasteiger partial charge < -0.3 is 10.6 Å². The summed E-state index contributed by atoms with van der Waals surface area (Å²) in [4.78, 5) is 21.8. The molecule has 2 N–H and O–H groups in total. The van der Waals surface area contributed by atoms with Gasteiger partial charge in [0.15, 0.2) is 0 Å². The van der Waals surface area contributed by atoms with Gasteiger partial charge in [0.2, 0.25) is 5.91 Å². The molecule has 1 aromatic rings. The van der Waals surface area contributed by atoms with Crippen molar-refractivity contribution in [1.29, 1.82) is 0 Å². The predicted octanol–water partition coefficient (Wildman–Crippen LogP) is 2.70. The Bertz CT molecular complexity index is 449. The molecule has 0 aliphatic heterocycles. The number of hydrogen-bond donors (Lipinski definition) is 2. The van der Waals surface area contributed by atoms with Crippen LogP contribution >= 0.6 is 0 Å². The van der Waals surface area contributed by atoms with Gasteiger partial charge in [0.25, 0.3) is 5.69 Å². The molecule has 0 aromatic heterocycles. The first-order chi connectivity index (χ1) is 9.65. The first-order valence-corrected chi connectivity index (χ1v) is 6.89. The molecule has 110 valence electrons. The van der Waals surface area contributed by atoms with E-state index in [1.54, 1.807) is 18.2 Å². The van der Waals surface area contributed by atoms with Gasteiger partial charge in [-0.15, -0.1) is 0 Å². The zero-order valence-corrected chi connectivity index (χ0v) is 11.7. The number of nitro benzene ring substituents is 1. The summed E-state index contributed by atoms with van der Waals surface area (Å²) in [6, 6.07) is 6.46. The zero-order valence-electron chi connectivity index (χ0n) is 11.7. The quantitative estimate of drug-likeness (QED) is 0.413. The number of amides is 1. The summed E-state index contributed by atoms with van der Waals surface area (Å²) in [5, 5.41) is 16.6. The van der Waals surface area contributed by atoms with Crippen LogP contribution in [0.2, 0.25) is 0 Å². The minimum atomic E-state index is -0.425. The Kier molecular flexibility index (Phi) is 7.10. The number of para-hydroxylation sites is 2. The molecular weight excluding hydrogens is 258 g/mol. The highest BCUT2D eigenvalue weighted by Crippen LogP contribution is 2.22. The van der Waals surface area contributed by atoms with Gasteiger partial charge in [0.1, 0.15) is 5.69 Å². The summed E-state index contributed by atoms with van der Waals surface area (Å²) in [5.41, 5.74) is 0.513. The van der Waals surface area contributed by atoms with Crippen molar-refractivity contribution in [1.82, 2.24) is 5.32 Å². The fourth-order valence-electron chi connectivity index (χ4n) is 1.81. The van der Waals surface area contributed by atoms with E-state index < -0.39 is 4.92 Å². The van der Waals surface area contributed by atoms with Crippen molar-refractivity contribution >= 4 is 17.3 Å². The van der Waals surface area contributed by atoms with Crippen LogP contribution < -0.4 is 10.6 Å². The maximum atomic E-state index is 11.5. The smallest absolute Gasteiger partial charge is 0.292 e. The number of nitrogens with one attached hydrogen (secondary N) is 2.